The molecule has 0 aliphatic rings. The van der Waals surface area contributed by atoms with E-state index >= 15 is 0 Å². The van der Waals surface area contributed by atoms with Gasteiger partial charge in [0, 0.05) is 5.75 Å². The molecular weight excluding hydrogens is 548 g/mol. The molecule has 41 heavy (non-hydrogen) atoms. The van der Waals surface area contributed by atoms with Gasteiger partial charge in [0.25, 0.3) is 0 Å². The van der Waals surface area contributed by atoms with Crippen LogP contribution in [0.5, 0.6) is 11.5 Å². The van der Waals surface area contributed by atoms with Crippen molar-refractivity contribution in [2.24, 2.45) is 0 Å². The summed E-state index contributed by atoms with van der Waals surface area (Å²) < 4.78 is 42.3. The van der Waals surface area contributed by atoms with Crippen molar-refractivity contribution in [3.63, 3.8) is 0 Å². The molecule has 2 aromatic heterocycles. The van der Waals surface area contributed by atoms with E-state index in [-0.39, 0.29) is 35.5 Å². The average Bonchev–Trinajstić information content (AvgIpc) is 3.49. The monoisotopic (exact) mass is 579 g/mol. The number of aryl methyl sites for hydroxylation is 1. The number of ether oxygens (including phenoxy) is 2. The van der Waals surface area contributed by atoms with Gasteiger partial charge in [0.2, 0.25) is 11.6 Å². The SMILES string of the molecule is Cc1cc(Oc2cccc(F)c2F)ccc1-n1ncc(C(=O)c2nc3ccccc3n2COCCS(C)(C)C)c1N. The number of benzene rings is 3. The van der Waals surface area contributed by atoms with Gasteiger partial charge >= 0.3 is 0 Å². The fraction of sp³-hybridized carbons (Fsp3) is 0.233. The maximum Gasteiger partial charge on any atom is 0.233 e. The molecule has 0 aliphatic heterocycles. The summed E-state index contributed by atoms with van der Waals surface area (Å²) in [5, 5.41) is 4.37. The number of hydrogen-bond donors (Lipinski definition) is 1. The molecule has 8 nitrogen and oxygen atoms in total. The van der Waals surface area contributed by atoms with Gasteiger partial charge in [0.05, 0.1) is 35.1 Å². The third-order valence-electron chi connectivity index (χ3n) is 6.51. The number of ketones is 1. The smallest absolute Gasteiger partial charge is 0.233 e. The van der Waals surface area contributed by atoms with Crippen LogP contribution in [0, 0.1) is 18.6 Å². The zero-order valence-electron chi connectivity index (χ0n) is 23.2. The molecule has 11 heteroatoms. The van der Waals surface area contributed by atoms with Gasteiger partial charge in [-0.2, -0.15) is 9.49 Å². The van der Waals surface area contributed by atoms with Gasteiger partial charge in [-0.05, 0) is 73.7 Å². The summed E-state index contributed by atoms with van der Waals surface area (Å²) in [7, 11) is -0.716. The zero-order valence-corrected chi connectivity index (χ0v) is 24.0. The molecule has 2 N–H and O–H groups in total. The van der Waals surface area contributed by atoms with Crippen LogP contribution in [0.25, 0.3) is 16.7 Å². The summed E-state index contributed by atoms with van der Waals surface area (Å²) in [6.07, 6.45) is 8.09. The van der Waals surface area contributed by atoms with Gasteiger partial charge in [-0.1, -0.05) is 18.2 Å². The number of imidazole rings is 1. The Labute approximate surface area is 238 Å². The minimum Gasteiger partial charge on any atom is -0.454 e. The molecule has 0 spiro atoms. The van der Waals surface area contributed by atoms with Crippen molar-refractivity contribution in [1.29, 1.82) is 0 Å². The van der Waals surface area contributed by atoms with Crippen LogP contribution in [-0.2, 0) is 11.5 Å². The number of nitrogen functional groups attached to an aromatic ring is 1. The Balaban J connectivity index is 1.42. The number of carbonyl (C=O) groups is 1. The highest BCUT2D eigenvalue weighted by Crippen LogP contribution is 2.34. The van der Waals surface area contributed by atoms with Crippen LogP contribution >= 0.6 is 10.0 Å². The number of hydrogen-bond acceptors (Lipinski definition) is 6. The molecule has 214 valence electrons. The Bertz CT molecular complexity index is 1740. The van der Waals surface area contributed by atoms with E-state index in [1.165, 1.54) is 23.0 Å². The lowest BCUT2D eigenvalue weighted by Crippen LogP contribution is -2.16. The van der Waals surface area contributed by atoms with Gasteiger partial charge in [0.1, 0.15) is 18.3 Å². The second-order valence-electron chi connectivity index (χ2n) is 10.5. The second kappa shape index (κ2) is 11.3. The molecule has 0 amide bonds. The Kier molecular flexibility index (Phi) is 7.83. The first kappa shape index (κ1) is 28.3. The van der Waals surface area contributed by atoms with Crippen LogP contribution in [0.4, 0.5) is 14.6 Å². The first-order valence-electron chi connectivity index (χ1n) is 12.8. The van der Waals surface area contributed by atoms with E-state index in [4.69, 9.17) is 15.2 Å². The normalized spacial score (nSPS) is 12.1. The van der Waals surface area contributed by atoms with E-state index in [1.54, 1.807) is 29.7 Å². The predicted octanol–water partition coefficient (Wildman–Crippen LogP) is 6.08. The number of nitrogens with zero attached hydrogens (tertiary/aromatic N) is 4. The van der Waals surface area contributed by atoms with Gasteiger partial charge in [-0.25, -0.2) is 24.1 Å². The minimum atomic E-state index is -1.07. The van der Waals surface area contributed by atoms with Gasteiger partial charge < -0.3 is 15.2 Å². The predicted molar refractivity (Wildman–Crippen MR) is 158 cm³/mol. The number of rotatable bonds is 10. The Morgan fingerprint density at radius 1 is 1.05 bits per heavy atom. The number of fused-ring (bicyclic) bond motifs is 1. The third kappa shape index (κ3) is 5.96. The van der Waals surface area contributed by atoms with Crippen molar-refractivity contribution >= 4 is 32.7 Å². The highest BCUT2D eigenvalue weighted by Gasteiger charge is 2.24. The van der Waals surface area contributed by atoms with Crippen LogP contribution in [0.2, 0.25) is 0 Å². The number of aromatic nitrogens is 4. The molecule has 2 heterocycles. The Hall–Kier alpha value is -4.22. The lowest BCUT2D eigenvalue weighted by Gasteiger charge is -2.24. The summed E-state index contributed by atoms with van der Waals surface area (Å²) in [5.41, 5.74) is 9.38. The molecule has 0 atom stereocenters. The van der Waals surface area contributed by atoms with Crippen molar-refractivity contribution in [3.05, 3.63) is 95.4 Å². The van der Waals surface area contributed by atoms with E-state index in [1.807, 2.05) is 24.3 Å². The molecule has 0 radical (unpaired) electrons. The molecule has 0 unspecified atom stereocenters. The maximum atomic E-state index is 14.1. The van der Waals surface area contributed by atoms with Crippen LogP contribution in [0.15, 0.2) is 66.9 Å². The maximum absolute atomic E-state index is 14.1. The molecule has 5 rings (SSSR count). The topological polar surface area (TPSA) is 97.2 Å². The van der Waals surface area contributed by atoms with Crippen molar-refractivity contribution in [3.8, 4) is 17.2 Å². The third-order valence-corrected chi connectivity index (χ3v) is 7.90. The van der Waals surface area contributed by atoms with Gasteiger partial charge in [0.15, 0.2) is 17.4 Å². The summed E-state index contributed by atoms with van der Waals surface area (Å²) in [6.45, 7) is 2.55. The van der Waals surface area contributed by atoms with Crippen molar-refractivity contribution < 1.29 is 23.0 Å². The highest BCUT2D eigenvalue weighted by molar-refractivity contribution is 8.32. The minimum absolute atomic E-state index is 0.138. The molecule has 0 bridgehead atoms. The van der Waals surface area contributed by atoms with Crippen LogP contribution in [0.3, 0.4) is 0 Å². The number of anilines is 1. The Morgan fingerprint density at radius 3 is 2.59 bits per heavy atom. The van der Waals surface area contributed by atoms with Crippen molar-refractivity contribution in [1.82, 2.24) is 19.3 Å². The van der Waals surface area contributed by atoms with Crippen molar-refractivity contribution in [2.75, 3.05) is 36.9 Å². The molecule has 3 aromatic carbocycles. The molecular formula is C30H31F2N5O3S. The summed E-state index contributed by atoms with van der Waals surface area (Å²) in [5.74, 6) is -1.08. The average molecular weight is 580 g/mol. The first-order chi connectivity index (χ1) is 19.5. The lowest BCUT2D eigenvalue weighted by molar-refractivity contribution is 0.0852. The van der Waals surface area contributed by atoms with E-state index in [2.05, 4.69) is 28.8 Å². The molecule has 0 saturated heterocycles. The summed E-state index contributed by atoms with van der Waals surface area (Å²) in [6, 6.07) is 16.1. The van der Waals surface area contributed by atoms with E-state index in [0.717, 1.165) is 17.3 Å². The first-order valence-corrected chi connectivity index (χ1v) is 15.9. The molecule has 0 saturated carbocycles. The quantitative estimate of drug-likeness (QED) is 0.159. The fourth-order valence-electron chi connectivity index (χ4n) is 4.31. The molecule has 0 fully saturated rings. The fourth-order valence-corrected chi connectivity index (χ4v) is 4.93. The highest BCUT2D eigenvalue weighted by atomic mass is 32.3. The largest absolute Gasteiger partial charge is 0.454 e. The van der Waals surface area contributed by atoms with Crippen LogP contribution in [-0.4, -0.2) is 56.2 Å². The second-order valence-corrected chi connectivity index (χ2v) is 15.1. The molecule has 5 aromatic rings. The van der Waals surface area contributed by atoms with Crippen molar-refractivity contribution in [2.45, 2.75) is 13.7 Å². The van der Waals surface area contributed by atoms with Gasteiger partial charge in [-0.15, -0.1) is 0 Å². The summed E-state index contributed by atoms with van der Waals surface area (Å²) in [4.78, 5) is 18.3. The van der Waals surface area contributed by atoms with Gasteiger partial charge in [-0.3, -0.25) is 9.36 Å². The van der Waals surface area contributed by atoms with E-state index < -0.39 is 21.7 Å². The molecule has 0 aliphatic carbocycles. The Morgan fingerprint density at radius 2 is 1.83 bits per heavy atom. The lowest BCUT2D eigenvalue weighted by atomic mass is 10.1. The van der Waals surface area contributed by atoms with E-state index in [0.29, 0.717) is 29.1 Å². The summed E-state index contributed by atoms with van der Waals surface area (Å²) >= 11 is 0. The van der Waals surface area contributed by atoms with E-state index in [9.17, 15) is 13.6 Å². The zero-order chi connectivity index (χ0) is 29.3. The van der Waals surface area contributed by atoms with Crippen LogP contribution in [0.1, 0.15) is 21.7 Å². The van der Waals surface area contributed by atoms with Crippen LogP contribution < -0.4 is 10.5 Å². The standard InChI is InChI=1S/C30H31F2N5O3S/c1-19-16-20(40-26-11-7-8-22(31)27(26)32)12-13-24(19)37-29(33)21(17-34-37)28(38)30-35-23-9-5-6-10-25(23)36(30)18-39-14-15-41(2,3)4/h5-13,16-17H,14-15,18,33H2,1-4H3. The number of para-hydroxylation sites is 2. The number of nitrogens with two attached hydrogens (primary N) is 1. The number of halogens is 2. The number of carbonyl (C=O) groups excluding carboxylic acids is 1.